The Bertz CT molecular complexity index is 296. The Labute approximate surface area is 105 Å². The first-order chi connectivity index (χ1) is 7.44. The van der Waals surface area contributed by atoms with E-state index >= 15 is 0 Å². The fraction of sp³-hybridized carbons (Fsp3) is 0.800. The number of nitrogens with zero attached hydrogens (tertiary/aromatic N) is 1. The van der Waals surface area contributed by atoms with Crippen LogP contribution >= 0.6 is 23.4 Å². The van der Waals surface area contributed by atoms with Crippen LogP contribution in [0.4, 0.5) is 0 Å². The van der Waals surface area contributed by atoms with Gasteiger partial charge in [0.15, 0.2) is 0 Å². The van der Waals surface area contributed by atoms with Crippen LogP contribution in [-0.2, 0) is 14.3 Å². The van der Waals surface area contributed by atoms with Crippen molar-refractivity contribution in [1.29, 1.82) is 0 Å². The third-order valence-corrected chi connectivity index (χ3v) is 4.04. The smallest absolute Gasteiger partial charge is 0.329 e. The van der Waals surface area contributed by atoms with Crippen LogP contribution in [0.15, 0.2) is 0 Å². The normalized spacial score (nSPS) is 23.2. The zero-order chi connectivity index (χ0) is 12.3. The molecule has 1 aliphatic rings. The molecule has 0 aromatic carbocycles. The van der Waals surface area contributed by atoms with Crippen molar-refractivity contribution in [3.05, 3.63) is 0 Å². The maximum Gasteiger partial charge on any atom is 0.329 e. The molecule has 0 bridgehead atoms. The van der Waals surface area contributed by atoms with Crippen LogP contribution in [-0.4, -0.2) is 45.9 Å². The summed E-state index contributed by atoms with van der Waals surface area (Å²) in [4.78, 5) is 24.5. The minimum atomic E-state index is -0.508. The molecular formula is C10H16ClNO3S. The van der Waals surface area contributed by atoms with Gasteiger partial charge < -0.3 is 9.64 Å². The molecule has 1 fully saturated rings. The van der Waals surface area contributed by atoms with Gasteiger partial charge in [-0.05, 0) is 20.8 Å². The first-order valence-corrected chi connectivity index (χ1v) is 6.64. The summed E-state index contributed by atoms with van der Waals surface area (Å²) in [6, 6.07) is -0.508. The average Bonchev–Trinajstić information content (AvgIpc) is 2.53. The summed E-state index contributed by atoms with van der Waals surface area (Å²) in [5, 5.41) is 0. The van der Waals surface area contributed by atoms with Gasteiger partial charge in [-0.3, -0.25) is 4.79 Å². The van der Waals surface area contributed by atoms with E-state index in [4.69, 9.17) is 16.3 Å². The van der Waals surface area contributed by atoms with Gasteiger partial charge in [-0.15, -0.1) is 23.4 Å². The molecule has 4 nitrogen and oxygen atoms in total. The second kappa shape index (κ2) is 5.27. The van der Waals surface area contributed by atoms with Crippen LogP contribution in [0.3, 0.4) is 0 Å². The monoisotopic (exact) mass is 265 g/mol. The Hall–Kier alpha value is -0.420. The van der Waals surface area contributed by atoms with Crippen molar-refractivity contribution >= 4 is 35.2 Å². The van der Waals surface area contributed by atoms with Crippen LogP contribution in [0.5, 0.6) is 0 Å². The van der Waals surface area contributed by atoms with Crippen LogP contribution in [0.25, 0.3) is 0 Å². The summed E-state index contributed by atoms with van der Waals surface area (Å²) in [6.45, 7) is 5.88. The van der Waals surface area contributed by atoms with Crippen molar-refractivity contribution in [1.82, 2.24) is 4.90 Å². The van der Waals surface area contributed by atoms with E-state index in [9.17, 15) is 9.59 Å². The molecule has 1 rings (SSSR count). The van der Waals surface area contributed by atoms with Gasteiger partial charge in [-0.25, -0.2) is 4.79 Å². The SMILES string of the molecule is CCOC(=O)C1CSC(C)(C)N1C(=O)CCl. The van der Waals surface area contributed by atoms with Gasteiger partial charge in [0.1, 0.15) is 11.9 Å². The Morgan fingerprint density at radius 3 is 2.69 bits per heavy atom. The van der Waals surface area contributed by atoms with Crippen molar-refractivity contribution in [2.75, 3.05) is 18.2 Å². The zero-order valence-electron chi connectivity index (χ0n) is 9.66. The standard InChI is InChI=1S/C10H16ClNO3S/c1-4-15-9(14)7-6-16-10(2,3)12(7)8(13)5-11/h7H,4-6H2,1-3H3. The molecule has 1 aliphatic heterocycles. The molecule has 0 spiro atoms. The highest BCUT2D eigenvalue weighted by atomic mass is 35.5. The number of carbonyl (C=O) groups is 2. The van der Waals surface area contributed by atoms with Crippen LogP contribution < -0.4 is 0 Å². The summed E-state index contributed by atoms with van der Waals surface area (Å²) in [5.41, 5.74) is 0. The number of amides is 1. The number of hydrogen-bond donors (Lipinski definition) is 0. The minimum absolute atomic E-state index is 0.111. The Morgan fingerprint density at radius 2 is 2.19 bits per heavy atom. The molecule has 92 valence electrons. The molecule has 1 saturated heterocycles. The van der Waals surface area contributed by atoms with Crippen LogP contribution in [0.1, 0.15) is 20.8 Å². The third kappa shape index (κ3) is 2.63. The van der Waals surface area contributed by atoms with E-state index in [0.29, 0.717) is 12.4 Å². The molecule has 0 radical (unpaired) electrons. The Morgan fingerprint density at radius 1 is 1.56 bits per heavy atom. The van der Waals surface area contributed by atoms with E-state index in [-0.39, 0.29) is 17.8 Å². The number of halogens is 1. The van der Waals surface area contributed by atoms with E-state index in [1.54, 1.807) is 18.7 Å². The quantitative estimate of drug-likeness (QED) is 0.573. The maximum absolute atomic E-state index is 11.7. The molecule has 0 aliphatic carbocycles. The Kier molecular flexibility index (Phi) is 4.50. The third-order valence-electron chi connectivity index (χ3n) is 2.43. The Balaban J connectivity index is 2.86. The van der Waals surface area contributed by atoms with E-state index in [1.807, 2.05) is 13.8 Å². The molecule has 0 aromatic rings. The van der Waals surface area contributed by atoms with E-state index in [0.717, 1.165) is 0 Å². The zero-order valence-corrected chi connectivity index (χ0v) is 11.2. The highest BCUT2D eigenvalue weighted by molar-refractivity contribution is 8.00. The van der Waals surface area contributed by atoms with Gasteiger partial charge in [0.2, 0.25) is 5.91 Å². The first kappa shape index (κ1) is 13.6. The average molecular weight is 266 g/mol. The fourth-order valence-corrected chi connectivity index (χ4v) is 3.10. The molecule has 0 N–H and O–H groups in total. The molecule has 1 heterocycles. The van der Waals surface area contributed by atoms with Gasteiger partial charge in [-0.2, -0.15) is 0 Å². The summed E-state index contributed by atoms with van der Waals surface area (Å²) in [5.74, 6) is -0.122. The summed E-state index contributed by atoms with van der Waals surface area (Å²) < 4.78 is 4.95. The molecule has 1 atom stereocenters. The van der Waals surface area contributed by atoms with Gasteiger partial charge >= 0.3 is 5.97 Å². The lowest BCUT2D eigenvalue weighted by Crippen LogP contribution is -2.50. The maximum atomic E-state index is 11.7. The lowest BCUT2D eigenvalue weighted by molar-refractivity contribution is -0.154. The van der Waals surface area contributed by atoms with Crippen molar-refractivity contribution in [3.8, 4) is 0 Å². The van der Waals surface area contributed by atoms with Gasteiger partial charge in [0.05, 0.1) is 11.5 Å². The van der Waals surface area contributed by atoms with Gasteiger partial charge in [0.25, 0.3) is 0 Å². The lowest BCUT2D eigenvalue weighted by Gasteiger charge is -2.33. The number of carbonyl (C=O) groups excluding carboxylic acids is 2. The number of thioether (sulfide) groups is 1. The highest BCUT2D eigenvalue weighted by Crippen LogP contribution is 2.39. The fourth-order valence-electron chi connectivity index (χ4n) is 1.75. The molecule has 1 unspecified atom stereocenters. The molecule has 16 heavy (non-hydrogen) atoms. The molecular weight excluding hydrogens is 250 g/mol. The number of ether oxygens (including phenoxy) is 1. The lowest BCUT2D eigenvalue weighted by atomic mass is 10.2. The van der Waals surface area contributed by atoms with E-state index < -0.39 is 10.9 Å². The summed E-state index contributed by atoms with van der Waals surface area (Å²) >= 11 is 7.11. The van der Waals surface area contributed by atoms with Gasteiger partial charge in [0, 0.05) is 5.75 Å². The number of alkyl halides is 1. The molecule has 6 heteroatoms. The number of rotatable bonds is 3. The first-order valence-electron chi connectivity index (χ1n) is 5.12. The predicted molar refractivity (Wildman–Crippen MR) is 64.5 cm³/mol. The van der Waals surface area contributed by atoms with Gasteiger partial charge in [-0.1, -0.05) is 0 Å². The minimum Gasteiger partial charge on any atom is -0.464 e. The van der Waals surface area contributed by atoms with Crippen LogP contribution in [0, 0.1) is 0 Å². The summed E-state index contributed by atoms with van der Waals surface area (Å²) in [6.07, 6.45) is 0. The van der Waals surface area contributed by atoms with Crippen molar-refractivity contribution in [2.45, 2.75) is 31.7 Å². The summed E-state index contributed by atoms with van der Waals surface area (Å²) in [7, 11) is 0. The van der Waals surface area contributed by atoms with Crippen molar-refractivity contribution in [2.24, 2.45) is 0 Å². The van der Waals surface area contributed by atoms with Crippen LogP contribution in [0.2, 0.25) is 0 Å². The predicted octanol–water partition coefficient (Wildman–Crippen LogP) is 1.47. The molecule has 0 saturated carbocycles. The second-order valence-corrected chi connectivity index (χ2v) is 5.81. The highest BCUT2D eigenvalue weighted by Gasteiger charge is 2.46. The molecule has 0 aromatic heterocycles. The largest absolute Gasteiger partial charge is 0.464 e. The van der Waals surface area contributed by atoms with Crippen molar-refractivity contribution < 1.29 is 14.3 Å². The molecule has 1 amide bonds. The number of esters is 1. The van der Waals surface area contributed by atoms with Crippen molar-refractivity contribution in [3.63, 3.8) is 0 Å². The number of hydrogen-bond acceptors (Lipinski definition) is 4. The van der Waals surface area contributed by atoms with E-state index in [2.05, 4.69) is 0 Å². The van der Waals surface area contributed by atoms with E-state index in [1.165, 1.54) is 4.90 Å². The second-order valence-electron chi connectivity index (χ2n) is 3.92. The topological polar surface area (TPSA) is 46.6 Å².